The van der Waals surface area contributed by atoms with E-state index in [0.717, 1.165) is 16.0 Å². The monoisotopic (exact) mass is 279 g/mol. The predicted molar refractivity (Wildman–Crippen MR) is 77.7 cm³/mol. The number of anilines is 1. The molecule has 0 bridgehead atoms. The van der Waals surface area contributed by atoms with Crippen molar-refractivity contribution in [2.75, 3.05) is 11.9 Å². The summed E-state index contributed by atoms with van der Waals surface area (Å²) in [6.45, 7) is 4.44. The maximum atomic E-state index is 11.7. The van der Waals surface area contributed by atoms with Crippen LogP contribution >= 0.6 is 11.3 Å². The number of fused-ring (bicyclic) bond motifs is 1. The van der Waals surface area contributed by atoms with E-state index in [1.807, 2.05) is 32.0 Å². The molecule has 0 saturated carbocycles. The van der Waals surface area contributed by atoms with Gasteiger partial charge in [-0.15, -0.1) is 0 Å². The van der Waals surface area contributed by atoms with E-state index in [9.17, 15) is 4.79 Å². The van der Waals surface area contributed by atoms with E-state index in [1.54, 1.807) is 0 Å². The van der Waals surface area contributed by atoms with Crippen molar-refractivity contribution in [3.05, 3.63) is 18.2 Å². The average molecular weight is 279 g/mol. The van der Waals surface area contributed by atoms with Crippen LogP contribution in [0.1, 0.15) is 20.3 Å². The number of thiazole rings is 1. The lowest BCUT2D eigenvalue weighted by Crippen LogP contribution is -2.34. The second-order valence-electron chi connectivity index (χ2n) is 4.09. The highest BCUT2D eigenvalue weighted by molar-refractivity contribution is 7.22. The Balaban J connectivity index is 2.19. The summed E-state index contributed by atoms with van der Waals surface area (Å²) in [4.78, 5) is 16.0. The Bertz CT molecular complexity index is 582. The molecule has 0 aliphatic rings. The highest BCUT2D eigenvalue weighted by atomic mass is 32.1. The third-order valence-corrected chi connectivity index (χ3v) is 3.61. The molecule has 1 atom stereocenters. The van der Waals surface area contributed by atoms with Gasteiger partial charge in [-0.2, -0.15) is 0 Å². The van der Waals surface area contributed by atoms with E-state index >= 15 is 0 Å². The minimum atomic E-state index is -0.494. The molecule has 3 N–H and O–H groups in total. The molecule has 2 aromatic rings. The Morgan fingerprint density at radius 1 is 1.53 bits per heavy atom. The van der Waals surface area contributed by atoms with Crippen molar-refractivity contribution < 1.29 is 9.53 Å². The zero-order valence-corrected chi connectivity index (χ0v) is 11.8. The summed E-state index contributed by atoms with van der Waals surface area (Å²) in [5, 5.41) is 3.30. The lowest BCUT2D eigenvalue weighted by Gasteiger charge is -2.06. The Morgan fingerprint density at radius 2 is 2.32 bits per heavy atom. The van der Waals surface area contributed by atoms with Gasteiger partial charge >= 0.3 is 0 Å². The van der Waals surface area contributed by atoms with Gasteiger partial charge in [0.05, 0.1) is 22.9 Å². The minimum Gasteiger partial charge on any atom is -0.494 e. The van der Waals surface area contributed by atoms with Gasteiger partial charge in [0.1, 0.15) is 5.75 Å². The van der Waals surface area contributed by atoms with Crippen LogP contribution in [-0.4, -0.2) is 23.5 Å². The molecule has 0 radical (unpaired) electrons. The quantitative estimate of drug-likeness (QED) is 0.881. The molecule has 1 amide bonds. The van der Waals surface area contributed by atoms with E-state index in [-0.39, 0.29) is 5.91 Å². The maximum Gasteiger partial charge on any atom is 0.243 e. The average Bonchev–Trinajstić information content (AvgIpc) is 2.79. The van der Waals surface area contributed by atoms with Crippen molar-refractivity contribution >= 4 is 32.6 Å². The summed E-state index contributed by atoms with van der Waals surface area (Å²) < 4.78 is 6.41. The summed E-state index contributed by atoms with van der Waals surface area (Å²) in [6, 6.07) is 5.18. The van der Waals surface area contributed by atoms with Crippen LogP contribution in [-0.2, 0) is 4.79 Å². The molecule has 1 aromatic heterocycles. The van der Waals surface area contributed by atoms with Crippen molar-refractivity contribution in [1.29, 1.82) is 0 Å². The third kappa shape index (κ3) is 3.21. The summed E-state index contributed by atoms with van der Waals surface area (Å²) in [5.74, 6) is 0.605. The van der Waals surface area contributed by atoms with Gasteiger partial charge < -0.3 is 15.8 Å². The molecule has 0 aliphatic heterocycles. The Morgan fingerprint density at radius 3 is 3.00 bits per heavy atom. The molecule has 1 heterocycles. The molecule has 102 valence electrons. The largest absolute Gasteiger partial charge is 0.494 e. The Hall–Kier alpha value is -1.66. The van der Waals surface area contributed by atoms with Crippen LogP contribution in [0.25, 0.3) is 10.2 Å². The van der Waals surface area contributed by atoms with E-state index < -0.39 is 6.04 Å². The molecule has 5 nitrogen and oxygen atoms in total. The molecule has 19 heavy (non-hydrogen) atoms. The fourth-order valence-corrected chi connectivity index (χ4v) is 2.50. The predicted octanol–water partition coefficient (Wildman–Crippen LogP) is 2.37. The van der Waals surface area contributed by atoms with Crippen molar-refractivity contribution in [3.8, 4) is 5.75 Å². The van der Waals surface area contributed by atoms with Crippen molar-refractivity contribution in [2.45, 2.75) is 26.3 Å². The first kappa shape index (κ1) is 13.8. The highest BCUT2D eigenvalue weighted by Crippen LogP contribution is 2.29. The van der Waals surface area contributed by atoms with Gasteiger partial charge in [-0.05, 0) is 31.5 Å². The minimum absolute atomic E-state index is 0.202. The molecular weight excluding hydrogens is 262 g/mol. The molecule has 0 aliphatic carbocycles. The number of benzene rings is 1. The topological polar surface area (TPSA) is 77.2 Å². The lowest BCUT2D eigenvalue weighted by molar-refractivity contribution is -0.117. The van der Waals surface area contributed by atoms with Gasteiger partial charge in [0.15, 0.2) is 5.13 Å². The summed E-state index contributed by atoms with van der Waals surface area (Å²) in [5.41, 5.74) is 6.51. The number of ether oxygens (including phenoxy) is 1. The van der Waals surface area contributed by atoms with Crippen LogP contribution in [0.2, 0.25) is 0 Å². The van der Waals surface area contributed by atoms with Gasteiger partial charge in [-0.25, -0.2) is 4.98 Å². The van der Waals surface area contributed by atoms with E-state index in [1.165, 1.54) is 11.3 Å². The number of nitrogens with one attached hydrogen (secondary N) is 1. The van der Waals surface area contributed by atoms with Crippen LogP contribution in [0.15, 0.2) is 18.2 Å². The van der Waals surface area contributed by atoms with Crippen molar-refractivity contribution in [1.82, 2.24) is 4.98 Å². The van der Waals surface area contributed by atoms with Gasteiger partial charge in [0.2, 0.25) is 5.91 Å². The summed E-state index contributed by atoms with van der Waals surface area (Å²) >= 11 is 1.41. The van der Waals surface area contributed by atoms with Gasteiger partial charge in [0.25, 0.3) is 0 Å². The van der Waals surface area contributed by atoms with Gasteiger partial charge in [0, 0.05) is 0 Å². The van der Waals surface area contributed by atoms with Crippen LogP contribution in [0.3, 0.4) is 0 Å². The van der Waals surface area contributed by atoms with Gasteiger partial charge in [-0.1, -0.05) is 18.3 Å². The van der Waals surface area contributed by atoms with E-state index in [4.69, 9.17) is 10.5 Å². The number of hydrogen-bond acceptors (Lipinski definition) is 5. The van der Waals surface area contributed by atoms with Crippen molar-refractivity contribution in [2.24, 2.45) is 5.73 Å². The zero-order chi connectivity index (χ0) is 13.8. The number of amides is 1. The number of carbonyl (C=O) groups excluding carboxylic acids is 1. The number of aromatic nitrogens is 1. The highest BCUT2D eigenvalue weighted by Gasteiger charge is 2.13. The number of nitrogens with zero attached hydrogens (tertiary/aromatic N) is 1. The molecule has 1 aromatic carbocycles. The maximum absolute atomic E-state index is 11.7. The second-order valence-corrected chi connectivity index (χ2v) is 5.12. The normalized spacial score (nSPS) is 12.4. The van der Waals surface area contributed by atoms with E-state index in [2.05, 4.69) is 10.3 Å². The van der Waals surface area contributed by atoms with Crippen LogP contribution in [0, 0.1) is 0 Å². The van der Waals surface area contributed by atoms with Crippen LogP contribution in [0.4, 0.5) is 5.13 Å². The number of nitrogens with two attached hydrogens (primary N) is 1. The first-order valence-corrected chi connectivity index (χ1v) is 7.05. The molecule has 0 saturated heterocycles. The number of hydrogen-bond donors (Lipinski definition) is 2. The standard InChI is InChI=1S/C13H17N3O2S/c1-3-9(14)12(17)16-13-15-10-6-5-8(18-4-2)7-11(10)19-13/h5-7,9H,3-4,14H2,1-2H3,(H,15,16,17)/t9-/m1/s1. The van der Waals surface area contributed by atoms with E-state index in [0.29, 0.717) is 18.2 Å². The molecular formula is C13H17N3O2S. The second kappa shape index (κ2) is 5.99. The first-order valence-electron chi connectivity index (χ1n) is 6.23. The third-order valence-electron chi connectivity index (χ3n) is 2.68. The Labute approximate surface area is 115 Å². The zero-order valence-electron chi connectivity index (χ0n) is 11.0. The summed E-state index contributed by atoms with van der Waals surface area (Å²) in [7, 11) is 0. The van der Waals surface area contributed by atoms with Gasteiger partial charge in [-0.3, -0.25) is 4.79 Å². The molecule has 6 heteroatoms. The van der Waals surface area contributed by atoms with Crippen LogP contribution < -0.4 is 15.8 Å². The van der Waals surface area contributed by atoms with Crippen molar-refractivity contribution in [3.63, 3.8) is 0 Å². The Kier molecular flexibility index (Phi) is 4.34. The smallest absolute Gasteiger partial charge is 0.243 e. The van der Waals surface area contributed by atoms with Crippen LogP contribution in [0.5, 0.6) is 5.75 Å². The first-order chi connectivity index (χ1) is 9.13. The molecule has 0 spiro atoms. The fourth-order valence-electron chi connectivity index (χ4n) is 1.60. The molecule has 2 rings (SSSR count). The number of rotatable bonds is 5. The number of carbonyl (C=O) groups is 1. The molecule has 0 fully saturated rings. The summed E-state index contributed by atoms with van der Waals surface area (Å²) in [6.07, 6.45) is 0.602. The fraction of sp³-hybridized carbons (Fsp3) is 0.385. The lowest BCUT2D eigenvalue weighted by atomic mass is 10.2. The molecule has 0 unspecified atom stereocenters. The SMILES string of the molecule is CCOc1ccc2nc(NC(=O)[C@H](N)CC)sc2c1.